The normalized spacial score (nSPS) is 12.5. The van der Waals surface area contributed by atoms with E-state index in [0.717, 1.165) is 0 Å². The van der Waals surface area contributed by atoms with Crippen LogP contribution < -0.4 is 5.32 Å². The topological polar surface area (TPSA) is 78.0 Å². The van der Waals surface area contributed by atoms with E-state index in [0.29, 0.717) is 5.69 Å². The highest BCUT2D eigenvalue weighted by molar-refractivity contribution is 5.76. The van der Waals surface area contributed by atoms with Gasteiger partial charge in [0.1, 0.15) is 6.04 Å². The van der Waals surface area contributed by atoms with Gasteiger partial charge < -0.3 is 10.4 Å². The second kappa shape index (κ2) is 3.05. The van der Waals surface area contributed by atoms with Gasteiger partial charge in [0, 0.05) is 6.20 Å². The van der Waals surface area contributed by atoms with E-state index in [2.05, 4.69) is 15.5 Å². The molecular weight excluding hydrogens is 146 g/mol. The van der Waals surface area contributed by atoms with Crippen LogP contribution >= 0.6 is 0 Å². The van der Waals surface area contributed by atoms with E-state index in [1.807, 2.05) is 0 Å². The van der Waals surface area contributed by atoms with Gasteiger partial charge in [-0.3, -0.25) is 9.89 Å². The number of anilines is 1. The first-order valence-corrected chi connectivity index (χ1v) is 3.18. The van der Waals surface area contributed by atoms with Crippen LogP contribution in [-0.4, -0.2) is 27.3 Å². The third kappa shape index (κ3) is 1.96. The molecule has 1 aromatic rings. The summed E-state index contributed by atoms with van der Waals surface area (Å²) in [6, 6.07) is -0.590. The first-order valence-electron chi connectivity index (χ1n) is 3.18. The molecule has 0 bridgehead atoms. The summed E-state index contributed by atoms with van der Waals surface area (Å²) in [6.07, 6.45) is 3.12. The highest BCUT2D eigenvalue weighted by Gasteiger charge is 2.09. The number of aliphatic carboxylic acids is 1. The minimum Gasteiger partial charge on any atom is -0.480 e. The fraction of sp³-hybridized carbons (Fsp3) is 0.333. The zero-order chi connectivity index (χ0) is 8.27. The van der Waals surface area contributed by atoms with Crippen molar-refractivity contribution in [2.24, 2.45) is 0 Å². The summed E-state index contributed by atoms with van der Waals surface area (Å²) in [7, 11) is 0. The number of carboxylic acid groups (broad SMARTS) is 1. The van der Waals surface area contributed by atoms with Gasteiger partial charge in [-0.25, -0.2) is 0 Å². The summed E-state index contributed by atoms with van der Waals surface area (Å²) >= 11 is 0. The number of aromatic amines is 1. The standard InChI is InChI=1S/C6H9N3O2/c1-4(6(10)11)9-5-2-7-8-3-5/h2-4,9H,1H3,(H,7,8)(H,10,11)/t4-/m0/s1. The highest BCUT2D eigenvalue weighted by atomic mass is 16.4. The largest absolute Gasteiger partial charge is 0.480 e. The number of carboxylic acids is 1. The zero-order valence-corrected chi connectivity index (χ0v) is 6.03. The van der Waals surface area contributed by atoms with Crippen molar-refractivity contribution in [2.75, 3.05) is 5.32 Å². The van der Waals surface area contributed by atoms with Crippen molar-refractivity contribution in [3.63, 3.8) is 0 Å². The monoisotopic (exact) mass is 155 g/mol. The molecule has 0 fully saturated rings. The molecule has 1 aromatic heterocycles. The van der Waals surface area contributed by atoms with Gasteiger partial charge in [-0.2, -0.15) is 5.10 Å². The van der Waals surface area contributed by atoms with Crippen LogP contribution in [0.1, 0.15) is 6.92 Å². The van der Waals surface area contributed by atoms with Crippen molar-refractivity contribution in [1.82, 2.24) is 10.2 Å². The maximum Gasteiger partial charge on any atom is 0.325 e. The van der Waals surface area contributed by atoms with Gasteiger partial charge in [-0.15, -0.1) is 0 Å². The number of carbonyl (C=O) groups is 1. The third-order valence-electron chi connectivity index (χ3n) is 1.25. The fourth-order valence-electron chi connectivity index (χ4n) is 0.642. The Kier molecular flexibility index (Phi) is 2.10. The van der Waals surface area contributed by atoms with Gasteiger partial charge in [0.2, 0.25) is 0 Å². The predicted molar refractivity (Wildman–Crippen MR) is 39.3 cm³/mol. The number of nitrogens with one attached hydrogen (secondary N) is 2. The van der Waals surface area contributed by atoms with Gasteiger partial charge in [0.15, 0.2) is 0 Å². The number of hydrogen-bond donors (Lipinski definition) is 3. The van der Waals surface area contributed by atoms with Gasteiger partial charge in [-0.1, -0.05) is 0 Å². The van der Waals surface area contributed by atoms with E-state index >= 15 is 0 Å². The van der Waals surface area contributed by atoms with Crippen molar-refractivity contribution < 1.29 is 9.90 Å². The summed E-state index contributed by atoms with van der Waals surface area (Å²) in [5, 5.41) is 17.4. The molecule has 0 spiro atoms. The quantitative estimate of drug-likeness (QED) is 0.586. The smallest absolute Gasteiger partial charge is 0.325 e. The molecule has 0 aromatic carbocycles. The molecule has 0 aliphatic rings. The van der Waals surface area contributed by atoms with E-state index in [1.165, 1.54) is 6.20 Å². The molecule has 5 heteroatoms. The fourth-order valence-corrected chi connectivity index (χ4v) is 0.642. The van der Waals surface area contributed by atoms with Crippen LogP contribution in [0.25, 0.3) is 0 Å². The maximum absolute atomic E-state index is 10.3. The van der Waals surface area contributed by atoms with Crippen LogP contribution in [0.4, 0.5) is 5.69 Å². The van der Waals surface area contributed by atoms with E-state index in [1.54, 1.807) is 13.1 Å². The lowest BCUT2D eigenvalue weighted by Gasteiger charge is -2.06. The number of hydrogen-bond acceptors (Lipinski definition) is 3. The Morgan fingerprint density at radius 2 is 2.64 bits per heavy atom. The van der Waals surface area contributed by atoms with Gasteiger partial charge in [0.05, 0.1) is 11.9 Å². The Labute approximate surface area is 63.4 Å². The molecule has 5 nitrogen and oxygen atoms in total. The summed E-state index contributed by atoms with van der Waals surface area (Å²) < 4.78 is 0. The Hall–Kier alpha value is -1.52. The van der Waals surface area contributed by atoms with Crippen molar-refractivity contribution in [2.45, 2.75) is 13.0 Å². The summed E-state index contributed by atoms with van der Waals surface area (Å²) in [5.41, 5.74) is 0.680. The average Bonchev–Trinajstić information content (AvgIpc) is 2.39. The van der Waals surface area contributed by atoms with Gasteiger partial charge in [0.25, 0.3) is 0 Å². The molecule has 0 aliphatic heterocycles. The molecule has 0 amide bonds. The summed E-state index contributed by atoms with van der Waals surface area (Å²) in [5.74, 6) is -0.883. The maximum atomic E-state index is 10.3. The Balaban J connectivity index is 2.50. The molecule has 1 atom stereocenters. The minimum absolute atomic E-state index is 0.590. The Bertz CT molecular complexity index is 232. The number of H-pyrrole nitrogens is 1. The first-order chi connectivity index (χ1) is 5.20. The van der Waals surface area contributed by atoms with E-state index in [4.69, 9.17) is 5.11 Å². The molecule has 1 rings (SSSR count). The number of nitrogens with zero attached hydrogens (tertiary/aromatic N) is 1. The lowest BCUT2D eigenvalue weighted by molar-refractivity contribution is -0.137. The Morgan fingerprint density at radius 1 is 1.91 bits per heavy atom. The molecule has 11 heavy (non-hydrogen) atoms. The molecule has 0 radical (unpaired) electrons. The summed E-state index contributed by atoms with van der Waals surface area (Å²) in [4.78, 5) is 10.3. The summed E-state index contributed by atoms with van der Waals surface area (Å²) in [6.45, 7) is 1.56. The molecule has 0 unspecified atom stereocenters. The second-order valence-corrected chi connectivity index (χ2v) is 2.19. The van der Waals surface area contributed by atoms with Crippen LogP contribution in [0.15, 0.2) is 12.4 Å². The highest BCUT2D eigenvalue weighted by Crippen LogP contribution is 2.02. The molecule has 1 heterocycles. The minimum atomic E-state index is -0.883. The molecule has 3 N–H and O–H groups in total. The molecule has 0 saturated carbocycles. The Morgan fingerprint density at radius 3 is 3.09 bits per heavy atom. The van der Waals surface area contributed by atoms with Crippen molar-refractivity contribution in [1.29, 1.82) is 0 Å². The van der Waals surface area contributed by atoms with Crippen molar-refractivity contribution in [3.05, 3.63) is 12.4 Å². The molecule has 0 aliphatic carbocycles. The number of rotatable bonds is 3. The molecule has 0 saturated heterocycles. The first kappa shape index (κ1) is 7.59. The zero-order valence-electron chi connectivity index (χ0n) is 6.03. The van der Waals surface area contributed by atoms with Crippen molar-refractivity contribution >= 4 is 11.7 Å². The van der Waals surface area contributed by atoms with Crippen LogP contribution in [0.2, 0.25) is 0 Å². The van der Waals surface area contributed by atoms with Crippen molar-refractivity contribution in [3.8, 4) is 0 Å². The lowest BCUT2D eigenvalue weighted by atomic mass is 10.3. The molecule has 60 valence electrons. The average molecular weight is 155 g/mol. The van der Waals surface area contributed by atoms with Gasteiger partial charge in [-0.05, 0) is 6.92 Å². The second-order valence-electron chi connectivity index (χ2n) is 2.19. The van der Waals surface area contributed by atoms with E-state index in [9.17, 15) is 4.79 Å². The van der Waals surface area contributed by atoms with E-state index < -0.39 is 12.0 Å². The number of aromatic nitrogens is 2. The lowest BCUT2D eigenvalue weighted by Crippen LogP contribution is -2.24. The van der Waals surface area contributed by atoms with Gasteiger partial charge >= 0.3 is 5.97 Å². The molecular formula is C6H9N3O2. The van der Waals surface area contributed by atoms with Crippen LogP contribution in [-0.2, 0) is 4.79 Å². The van der Waals surface area contributed by atoms with E-state index in [-0.39, 0.29) is 0 Å². The van der Waals surface area contributed by atoms with Crippen LogP contribution in [0, 0.1) is 0 Å². The van der Waals surface area contributed by atoms with Crippen LogP contribution in [0.5, 0.6) is 0 Å². The third-order valence-corrected chi connectivity index (χ3v) is 1.25. The van der Waals surface area contributed by atoms with Crippen LogP contribution in [0.3, 0.4) is 0 Å². The predicted octanol–water partition coefficient (Wildman–Crippen LogP) is 0.295. The SMILES string of the molecule is C[C@H](Nc1cn[nH]c1)C(=O)O.